The number of carboxylic acid groups (broad SMARTS) is 1. The highest BCUT2D eigenvalue weighted by Gasteiger charge is 2.43. The van der Waals surface area contributed by atoms with E-state index in [1.807, 2.05) is 0 Å². The molecule has 1 rings (SSSR count). The van der Waals surface area contributed by atoms with Crippen molar-refractivity contribution in [3.63, 3.8) is 0 Å². The molecule has 0 aromatic heterocycles. The maximum atomic E-state index is 13.2. The smallest absolute Gasteiger partial charge is 0.379 e. The Bertz CT molecular complexity index is 459. The van der Waals surface area contributed by atoms with Gasteiger partial charge >= 0.3 is 11.9 Å². The normalized spacial score (nSPS) is 11.2. The highest BCUT2D eigenvalue weighted by Crippen LogP contribution is 2.33. The number of nitro groups is 1. The van der Waals surface area contributed by atoms with Crippen LogP contribution in [0.2, 0.25) is 0 Å². The number of rotatable bonds is 3. The zero-order valence-corrected chi connectivity index (χ0v) is 8.11. The molecule has 0 bridgehead atoms. The van der Waals surface area contributed by atoms with Crippen molar-refractivity contribution in [3.05, 3.63) is 39.4 Å². The summed E-state index contributed by atoms with van der Waals surface area (Å²) >= 11 is 0. The molecule has 0 atom stereocenters. The molecular formula is C9H7F2NO4. The van der Waals surface area contributed by atoms with Gasteiger partial charge in [0.2, 0.25) is 0 Å². The van der Waals surface area contributed by atoms with Crippen molar-refractivity contribution in [3.8, 4) is 0 Å². The van der Waals surface area contributed by atoms with Gasteiger partial charge in [0.05, 0.1) is 4.92 Å². The molecule has 0 saturated carbocycles. The Labute approximate surface area is 88.5 Å². The van der Waals surface area contributed by atoms with Gasteiger partial charge in [-0.15, -0.1) is 0 Å². The summed E-state index contributed by atoms with van der Waals surface area (Å²) in [5.74, 6) is -6.47. The van der Waals surface area contributed by atoms with Crippen LogP contribution in [-0.2, 0) is 10.7 Å². The van der Waals surface area contributed by atoms with Crippen LogP contribution in [-0.4, -0.2) is 16.0 Å². The van der Waals surface area contributed by atoms with E-state index in [2.05, 4.69) is 0 Å². The summed E-state index contributed by atoms with van der Waals surface area (Å²) in [5.41, 5.74) is -1.45. The van der Waals surface area contributed by atoms with E-state index in [1.54, 1.807) is 0 Å². The molecule has 0 aliphatic heterocycles. The summed E-state index contributed by atoms with van der Waals surface area (Å²) in [5, 5.41) is 18.7. The number of nitrogens with zero attached hydrogens (tertiary/aromatic N) is 1. The first-order valence-corrected chi connectivity index (χ1v) is 4.13. The van der Waals surface area contributed by atoms with Crippen LogP contribution in [0.3, 0.4) is 0 Å². The molecule has 0 spiro atoms. The fourth-order valence-corrected chi connectivity index (χ4v) is 1.18. The second-order valence-electron chi connectivity index (χ2n) is 3.14. The highest BCUT2D eigenvalue weighted by molar-refractivity contribution is 5.78. The van der Waals surface area contributed by atoms with Gasteiger partial charge in [-0.05, 0) is 12.5 Å². The molecule has 0 aliphatic rings. The van der Waals surface area contributed by atoms with E-state index >= 15 is 0 Å². The Hall–Kier alpha value is -2.05. The number of carboxylic acids is 1. The molecule has 5 nitrogen and oxygen atoms in total. The number of hydrogen-bond acceptors (Lipinski definition) is 3. The van der Waals surface area contributed by atoms with Gasteiger partial charge in [-0.25, -0.2) is 4.79 Å². The summed E-state index contributed by atoms with van der Waals surface area (Å²) in [6.45, 7) is 1.26. The number of benzene rings is 1. The molecule has 0 heterocycles. The maximum Gasteiger partial charge on any atom is 0.379 e. The SMILES string of the molecule is Cc1ccc([N+](=O)[O-])cc1C(F)(F)C(=O)O. The molecule has 86 valence electrons. The van der Waals surface area contributed by atoms with E-state index in [0.29, 0.717) is 6.07 Å². The lowest BCUT2D eigenvalue weighted by Gasteiger charge is -2.13. The van der Waals surface area contributed by atoms with Crippen molar-refractivity contribution < 1.29 is 23.6 Å². The summed E-state index contributed by atoms with van der Waals surface area (Å²) in [7, 11) is 0. The Morgan fingerprint density at radius 3 is 2.50 bits per heavy atom. The van der Waals surface area contributed by atoms with Crippen LogP contribution in [0.1, 0.15) is 11.1 Å². The van der Waals surface area contributed by atoms with Crippen molar-refractivity contribution in [2.75, 3.05) is 0 Å². The molecule has 1 N–H and O–H groups in total. The third-order valence-electron chi connectivity index (χ3n) is 2.04. The van der Waals surface area contributed by atoms with Crippen LogP contribution in [0, 0.1) is 17.0 Å². The molecule has 7 heteroatoms. The monoisotopic (exact) mass is 231 g/mol. The summed E-state index contributed by atoms with van der Waals surface area (Å²) in [4.78, 5) is 19.8. The number of halogens is 2. The van der Waals surface area contributed by atoms with E-state index in [1.165, 1.54) is 6.92 Å². The number of hydrogen-bond donors (Lipinski definition) is 1. The van der Waals surface area contributed by atoms with Crippen molar-refractivity contribution in [2.45, 2.75) is 12.8 Å². The molecular weight excluding hydrogens is 224 g/mol. The van der Waals surface area contributed by atoms with E-state index in [9.17, 15) is 23.7 Å². The van der Waals surface area contributed by atoms with Crippen LogP contribution in [0.25, 0.3) is 0 Å². The minimum atomic E-state index is -4.13. The van der Waals surface area contributed by atoms with Crippen molar-refractivity contribution in [2.24, 2.45) is 0 Å². The molecule has 0 saturated heterocycles. The number of alkyl halides is 2. The molecule has 0 radical (unpaired) electrons. The van der Waals surface area contributed by atoms with Crippen molar-refractivity contribution >= 4 is 11.7 Å². The predicted molar refractivity (Wildman–Crippen MR) is 49.4 cm³/mol. The second-order valence-corrected chi connectivity index (χ2v) is 3.14. The quantitative estimate of drug-likeness (QED) is 0.637. The summed E-state index contributed by atoms with van der Waals surface area (Å²) < 4.78 is 26.3. The average Bonchev–Trinajstić information content (AvgIpc) is 2.17. The third kappa shape index (κ3) is 1.97. The number of carbonyl (C=O) groups is 1. The second kappa shape index (κ2) is 3.84. The third-order valence-corrected chi connectivity index (χ3v) is 2.04. The van der Waals surface area contributed by atoms with Crippen LogP contribution < -0.4 is 0 Å². The van der Waals surface area contributed by atoms with E-state index in [0.717, 1.165) is 12.1 Å². The minimum absolute atomic E-state index is 0.0157. The Balaban J connectivity index is 3.38. The van der Waals surface area contributed by atoms with Gasteiger partial charge in [-0.3, -0.25) is 10.1 Å². The first kappa shape index (κ1) is 12.0. The molecule has 0 aliphatic carbocycles. The fraction of sp³-hybridized carbons (Fsp3) is 0.222. The van der Waals surface area contributed by atoms with Crippen LogP contribution >= 0.6 is 0 Å². The Morgan fingerprint density at radius 1 is 1.50 bits per heavy atom. The highest BCUT2D eigenvalue weighted by atomic mass is 19.3. The molecule has 0 unspecified atom stereocenters. The zero-order valence-electron chi connectivity index (χ0n) is 8.11. The zero-order chi connectivity index (χ0) is 12.5. The lowest BCUT2D eigenvalue weighted by atomic mass is 10.0. The number of non-ortho nitro benzene ring substituents is 1. The summed E-state index contributed by atoms with van der Waals surface area (Å²) in [6.07, 6.45) is 0. The lowest BCUT2D eigenvalue weighted by Crippen LogP contribution is -2.26. The maximum absolute atomic E-state index is 13.2. The molecule has 0 fully saturated rings. The first-order valence-electron chi connectivity index (χ1n) is 4.13. The van der Waals surface area contributed by atoms with Crippen LogP contribution in [0.5, 0.6) is 0 Å². The standard InChI is InChI=1S/C9H7F2NO4/c1-5-2-3-6(12(15)16)4-7(5)9(10,11)8(13)14/h2-4H,1H3,(H,13,14). The summed E-state index contributed by atoms with van der Waals surface area (Å²) in [6, 6.07) is 2.70. The lowest BCUT2D eigenvalue weighted by molar-refractivity contribution is -0.385. The molecule has 1 aromatic carbocycles. The van der Waals surface area contributed by atoms with Crippen molar-refractivity contribution in [1.82, 2.24) is 0 Å². The first-order chi connectivity index (χ1) is 7.26. The molecule has 1 aromatic rings. The van der Waals surface area contributed by atoms with Gasteiger partial charge in [0.15, 0.2) is 0 Å². The Morgan fingerprint density at radius 2 is 2.06 bits per heavy atom. The molecule has 16 heavy (non-hydrogen) atoms. The molecule has 0 amide bonds. The van der Waals surface area contributed by atoms with Gasteiger partial charge in [-0.1, -0.05) is 6.07 Å². The van der Waals surface area contributed by atoms with Gasteiger partial charge in [0, 0.05) is 17.7 Å². The van der Waals surface area contributed by atoms with E-state index in [-0.39, 0.29) is 5.56 Å². The minimum Gasteiger partial charge on any atom is -0.477 e. The fourth-order valence-electron chi connectivity index (χ4n) is 1.18. The predicted octanol–water partition coefficient (Wildman–Crippen LogP) is 2.08. The average molecular weight is 231 g/mol. The number of nitro benzene ring substituents is 1. The topological polar surface area (TPSA) is 80.4 Å². The van der Waals surface area contributed by atoms with Gasteiger partial charge < -0.3 is 5.11 Å². The van der Waals surface area contributed by atoms with Gasteiger partial charge in [0.1, 0.15) is 0 Å². The van der Waals surface area contributed by atoms with E-state index in [4.69, 9.17) is 5.11 Å². The van der Waals surface area contributed by atoms with E-state index < -0.39 is 28.1 Å². The Kier molecular flexibility index (Phi) is 2.88. The van der Waals surface area contributed by atoms with Crippen LogP contribution in [0.15, 0.2) is 18.2 Å². The van der Waals surface area contributed by atoms with Crippen LogP contribution in [0.4, 0.5) is 14.5 Å². The number of aryl methyl sites for hydroxylation is 1. The number of aliphatic carboxylic acids is 1. The van der Waals surface area contributed by atoms with Gasteiger partial charge in [0.25, 0.3) is 5.69 Å². The van der Waals surface area contributed by atoms with Gasteiger partial charge in [-0.2, -0.15) is 8.78 Å². The largest absolute Gasteiger partial charge is 0.477 e. The van der Waals surface area contributed by atoms with Crippen molar-refractivity contribution in [1.29, 1.82) is 0 Å².